The van der Waals surface area contributed by atoms with Gasteiger partial charge < -0.3 is 15.4 Å². The molecule has 4 heteroatoms. The van der Waals surface area contributed by atoms with Gasteiger partial charge in [0.05, 0.1) is 24.0 Å². The predicted molar refractivity (Wildman–Crippen MR) is 77.4 cm³/mol. The summed E-state index contributed by atoms with van der Waals surface area (Å²) in [6.07, 6.45) is 3.98. The van der Waals surface area contributed by atoms with E-state index in [1.54, 1.807) is 12.1 Å². The maximum atomic E-state index is 11.5. The highest BCUT2D eigenvalue weighted by atomic mass is 16.5. The number of hydrogen-bond acceptors (Lipinski definition) is 4. The van der Waals surface area contributed by atoms with Crippen molar-refractivity contribution < 1.29 is 9.53 Å². The molecular formula is C15H22N2O2. The number of esters is 1. The van der Waals surface area contributed by atoms with Gasteiger partial charge in [0.2, 0.25) is 0 Å². The van der Waals surface area contributed by atoms with Crippen LogP contribution in [0.3, 0.4) is 0 Å². The van der Waals surface area contributed by atoms with E-state index < -0.39 is 0 Å². The van der Waals surface area contributed by atoms with E-state index in [2.05, 4.69) is 11.8 Å². The van der Waals surface area contributed by atoms with Crippen LogP contribution in [0.15, 0.2) is 18.2 Å². The lowest BCUT2D eigenvalue weighted by Gasteiger charge is -2.33. The molecule has 1 aliphatic carbocycles. The lowest BCUT2D eigenvalue weighted by molar-refractivity contribution is 0.0601. The molecule has 4 nitrogen and oxygen atoms in total. The summed E-state index contributed by atoms with van der Waals surface area (Å²) in [6, 6.07) is 5.40. The van der Waals surface area contributed by atoms with Crippen molar-refractivity contribution in [3.8, 4) is 0 Å². The third-order valence-electron chi connectivity index (χ3n) is 3.87. The highest BCUT2D eigenvalue weighted by molar-refractivity contribution is 5.91. The van der Waals surface area contributed by atoms with Crippen molar-refractivity contribution in [3.63, 3.8) is 0 Å². The van der Waals surface area contributed by atoms with Crippen molar-refractivity contribution in [1.29, 1.82) is 0 Å². The summed E-state index contributed by atoms with van der Waals surface area (Å²) in [7, 11) is 1.38. The Morgan fingerprint density at radius 3 is 2.68 bits per heavy atom. The molecule has 0 aliphatic heterocycles. The fourth-order valence-corrected chi connectivity index (χ4v) is 2.47. The number of nitrogens with zero attached hydrogens (tertiary/aromatic N) is 1. The molecule has 2 rings (SSSR count). The Bertz CT molecular complexity index is 455. The second-order valence-electron chi connectivity index (χ2n) is 5.10. The first-order valence-corrected chi connectivity index (χ1v) is 6.88. The Labute approximate surface area is 114 Å². The molecule has 1 aliphatic rings. The van der Waals surface area contributed by atoms with Crippen LogP contribution in [0, 0.1) is 5.92 Å². The van der Waals surface area contributed by atoms with E-state index in [0.29, 0.717) is 11.3 Å². The monoisotopic (exact) mass is 262 g/mol. The molecule has 1 fully saturated rings. The molecule has 1 aromatic carbocycles. The van der Waals surface area contributed by atoms with Gasteiger partial charge in [0.25, 0.3) is 0 Å². The molecule has 0 heterocycles. The first-order chi connectivity index (χ1) is 9.15. The summed E-state index contributed by atoms with van der Waals surface area (Å²) >= 11 is 0. The molecule has 0 spiro atoms. The highest BCUT2D eigenvalue weighted by Crippen LogP contribution is 2.31. The summed E-state index contributed by atoms with van der Waals surface area (Å²) in [6.45, 7) is 4.11. The molecule has 0 atom stereocenters. The number of benzene rings is 1. The molecule has 0 unspecified atom stereocenters. The molecule has 1 aromatic rings. The van der Waals surface area contributed by atoms with Crippen LogP contribution >= 0.6 is 0 Å². The zero-order valence-electron chi connectivity index (χ0n) is 11.7. The Balaban J connectivity index is 2.15. The van der Waals surface area contributed by atoms with Gasteiger partial charge in [0, 0.05) is 13.1 Å². The lowest BCUT2D eigenvalue weighted by atomic mass is 9.85. The minimum Gasteiger partial charge on any atom is -0.465 e. The third kappa shape index (κ3) is 3.00. The standard InChI is InChI=1S/C15H22N2O2/c1-3-17(10-11-5-4-6-11)14-8-7-12(9-13(14)16)15(18)19-2/h7-9,11H,3-6,10,16H2,1-2H3. The number of nitrogen functional groups attached to an aromatic ring is 1. The van der Waals surface area contributed by atoms with E-state index in [9.17, 15) is 4.79 Å². The van der Waals surface area contributed by atoms with Gasteiger partial charge in [-0.1, -0.05) is 6.42 Å². The molecule has 0 radical (unpaired) electrons. The fourth-order valence-electron chi connectivity index (χ4n) is 2.47. The van der Waals surface area contributed by atoms with Crippen LogP contribution in [0.1, 0.15) is 36.5 Å². The van der Waals surface area contributed by atoms with E-state index in [4.69, 9.17) is 10.5 Å². The quantitative estimate of drug-likeness (QED) is 0.654. The second kappa shape index (κ2) is 5.95. The van der Waals surface area contributed by atoms with Crippen molar-refractivity contribution in [2.75, 3.05) is 30.8 Å². The van der Waals surface area contributed by atoms with Crippen molar-refractivity contribution in [3.05, 3.63) is 23.8 Å². The smallest absolute Gasteiger partial charge is 0.337 e. The van der Waals surface area contributed by atoms with Gasteiger partial charge in [0.1, 0.15) is 0 Å². The number of carbonyl (C=O) groups excluding carboxylic acids is 1. The number of hydrogen-bond donors (Lipinski definition) is 1. The summed E-state index contributed by atoms with van der Waals surface area (Å²) in [4.78, 5) is 13.8. The first-order valence-electron chi connectivity index (χ1n) is 6.88. The predicted octanol–water partition coefficient (Wildman–Crippen LogP) is 2.68. The molecule has 1 saturated carbocycles. The van der Waals surface area contributed by atoms with Gasteiger partial charge in [-0.05, 0) is 43.9 Å². The average Bonchev–Trinajstić information content (AvgIpc) is 2.37. The number of nitrogens with two attached hydrogens (primary N) is 1. The summed E-state index contributed by atoms with van der Waals surface area (Å²) < 4.78 is 4.70. The molecule has 2 N–H and O–H groups in total. The molecule has 0 saturated heterocycles. The lowest BCUT2D eigenvalue weighted by Crippen LogP contribution is -2.32. The maximum absolute atomic E-state index is 11.5. The van der Waals surface area contributed by atoms with Gasteiger partial charge in [0.15, 0.2) is 0 Å². The normalized spacial score (nSPS) is 14.8. The van der Waals surface area contributed by atoms with Gasteiger partial charge in [-0.3, -0.25) is 0 Å². The van der Waals surface area contributed by atoms with Crippen LogP contribution in [0.5, 0.6) is 0 Å². The Morgan fingerprint density at radius 2 is 2.21 bits per heavy atom. The van der Waals surface area contributed by atoms with Crippen LogP contribution in [0.2, 0.25) is 0 Å². The van der Waals surface area contributed by atoms with Crippen molar-refractivity contribution in [1.82, 2.24) is 0 Å². The topological polar surface area (TPSA) is 55.6 Å². The van der Waals surface area contributed by atoms with E-state index in [1.807, 2.05) is 6.07 Å². The summed E-state index contributed by atoms with van der Waals surface area (Å²) in [5.74, 6) is 0.444. The largest absolute Gasteiger partial charge is 0.465 e. The molecule has 0 aromatic heterocycles. The van der Waals surface area contributed by atoms with Crippen LogP contribution in [0.25, 0.3) is 0 Å². The van der Waals surface area contributed by atoms with Crippen LogP contribution in [-0.2, 0) is 4.74 Å². The highest BCUT2D eigenvalue weighted by Gasteiger charge is 2.21. The van der Waals surface area contributed by atoms with Crippen LogP contribution in [0.4, 0.5) is 11.4 Å². The van der Waals surface area contributed by atoms with E-state index in [0.717, 1.165) is 24.7 Å². The molecule has 0 bridgehead atoms. The zero-order valence-corrected chi connectivity index (χ0v) is 11.7. The number of anilines is 2. The van der Waals surface area contributed by atoms with Crippen molar-refractivity contribution in [2.45, 2.75) is 26.2 Å². The van der Waals surface area contributed by atoms with Crippen LogP contribution in [-0.4, -0.2) is 26.2 Å². The van der Waals surface area contributed by atoms with Gasteiger partial charge in [-0.25, -0.2) is 4.79 Å². The minimum atomic E-state index is -0.347. The van der Waals surface area contributed by atoms with Crippen LogP contribution < -0.4 is 10.6 Å². The number of rotatable bonds is 5. The SMILES string of the molecule is CCN(CC1CCC1)c1ccc(C(=O)OC)cc1N. The van der Waals surface area contributed by atoms with Gasteiger partial charge in [-0.2, -0.15) is 0 Å². The molecule has 19 heavy (non-hydrogen) atoms. The minimum absolute atomic E-state index is 0.347. The number of carbonyl (C=O) groups is 1. The van der Waals surface area contributed by atoms with Crippen molar-refractivity contribution in [2.24, 2.45) is 5.92 Å². The summed E-state index contributed by atoms with van der Waals surface area (Å²) in [5.41, 5.74) is 8.24. The summed E-state index contributed by atoms with van der Waals surface area (Å²) in [5, 5.41) is 0. The fraction of sp³-hybridized carbons (Fsp3) is 0.533. The Hall–Kier alpha value is -1.71. The molecule has 0 amide bonds. The second-order valence-corrected chi connectivity index (χ2v) is 5.10. The van der Waals surface area contributed by atoms with Gasteiger partial charge in [-0.15, -0.1) is 0 Å². The van der Waals surface area contributed by atoms with E-state index >= 15 is 0 Å². The number of ether oxygens (including phenoxy) is 1. The average molecular weight is 262 g/mol. The zero-order chi connectivity index (χ0) is 13.8. The first kappa shape index (κ1) is 13.7. The molecular weight excluding hydrogens is 240 g/mol. The maximum Gasteiger partial charge on any atom is 0.337 e. The third-order valence-corrected chi connectivity index (χ3v) is 3.87. The Kier molecular flexibility index (Phi) is 4.30. The van der Waals surface area contributed by atoms with E-state index in [1.165, 1.54) is 26.4 Å². The molecule has 104 valence electrons. The number of methoxy groups -OCH3 is 1. The Morgan fingerprint density at radius 1 is 1.47 bits per heavy atom. The van der Waals surface area contributed by atoms with E-state index in [-0.39, 0.29) is 5.97 Å². The van der Waals surface area contributed by atoms with Crippen molar-refractivity contribution >= 4 is 17.3 Å². The van der Waals surface area contributed by atoms with Gasteiger partial charge >= 0.3 is 5.97 Å².